The Labute approximate surface area is 171 Å². The smallest absolute Gasteiger partial charge is 0.410 e. The summed E-state index contributed by atoms with van der Waals surface area (Å²) in [6.07, 6.45) is 0.976. The second kappa shape index (κ2) is 9.91. The molecule has 29 heavy (non-hydrogen) atoms. The van der Waals surface area contributed by atoms with E-state index >= 15 is 0 Å². The van der Waals surface area contributed by atoms with Crippen LogP contribution >= 0.6 is 0 Å². The van der Waals surface area contributed by atoms with Crippen molar-refractivity contribution >= 4 is 12.5 Å². The van der Waals surface area contributed by atoms with E-state index in [1.165, 1.54) is 12.1 Å². The second-order valence-electron chi connectivity index (χ2n) is 7.91. The Bertz CT molecular complexity index is 707. The minimum Gasteiger partial charge on any atom is -0.492 e. The maximum Gasteiger partial charge on any atom is 0.410 e. The van der Waals surface area contributed by atoms with E-state index in [1.54, 1.807) is 15.9 Å². The fourth-order valence-electron chi connectivity index (χ4n) is 3.71. The number of halogens is 1. The third-order valence-corrected chi connectivity index (χ3v) is 5.49. The number of hydrogen-bond acceptors (Lipinski definition) is 5. The molecule has 7 nitrogen and oxygen atoms in total. The standard InChI is InChI=1S/C21H30FN3O4/c1-16(2)19-4-3-17(22)13-20(19)28-12-11-23-7-9-25(10-8-23)21(27)29-18-5-6-24(14-18)15-26/h3-4,13,15-16,18H,5-12,14H2,1-2H3. The molecule has 0 spiro atoms. The maximum atomic E-state index is 13.5. The molecule has 2 aliphatic heterocycles. The van der Waals surface area contributed by atoms with Crippen molar-refractivity contribution in [3.05, 3.63) is 29.6 Å². The highest BCUT2D eigenvalue weighted by molar-refractivity contribution is 5.68. The summed E-state index contributed by atoms with van der Waals surface area (Å²) in [5.74, 6) is 0.567. The zero-order valence-electron chi connectivity index (χ0n) is 17.2. The van der Waals surface area contributed by atoms with Crippen molar-refractivity contribution in [2.75, 3.05) is 52.4 Å². The lowest BCUT2D eigenvalue weighted by atomic mass is 10.0. The number of nitrogens with zero attached hydrogens (tertiary/aromatic N) is 3. The number of carbonyl (C=O) groups is 2. The lowest BCUT2D eigenvalue weighted by molar-refractivity contribution is -0.117. The predicted molar refractivity (Wildman–Crippen MR) is 107 cm³/mol. The van der Waals surface area contributed by atoms with Crippen molar-refractivity contribution in [3.8, 4) is 5.75 Å². The van der Waals surface area contributed by atoms with E-state index in [-0.39, 0.29) is 23.9 Å². The molecular weight excluding hydrogens is 377 g/mol. The van der Waals surface area contributed by atoms with Crippen LogP contribution in [-0.2, 0) is 9.53 Å². The Hall–Kier alpha value is -2.35. The molecule has 2 aliphatic rings. The summed E-state index contributed by atoms with van der Waals surface area (Å²) < 4.78 is 24.9. The molecular formula is C21H30FN3O4. The van der Waals surface area contributed by atoms with Gasteiger partial charge in [0, 0.05) is 51.8 Å². The Morgan fingerprint density at radius 1 is 1.24 bits per heavy atom. The molecule has 2 saturated heterocycles. The topological polar surface area (TPSA) is 62.3 Å². The van der Waals surface area contributed by atoms with Crippen molar-refractivity contribution in [3.63, 3.8) is 0 Å². The fraction of sp³-hybridized carbons (Fsp3) is 0.619. The van der Waals surface area contributed by atoms with Gasteiger partial charge in [-0.2, -0.15) is 0 Å². The van der Waals surface area contributed by atoms with Gasteiger partial charge >= 0.3 is 6.09 Å². The van der Waals surface area contributed by atoms with Gasteiger partial charge in [-0.25, -0.2) is 9.18 Å². The minimum absolute atomic E-state index is 0.208. The number of carbonyl (C=O) groups excluding carboxylic acids is 2. The number of amides is 2. The van der Waals surface area contributed by atoms with Crippen LogP contribution in [0, 0.1) is 5.82 Å². The zero-order valence-corrected chi connectivity index (χ0v) is 17.2. The van der Waals surface area contributed by atoms with Gasteiger partial charge in [-0.05, 0) is 17.5 Å². The monoisotopic (exact) mass is 407 g/mol. The average molecular weight is 407 g/mol. The molecule has 160 valence electrons. The van der Waals surface area contributed by atoms with Crippen molar-refractivity contribution in [1.82, 2.24) is 14.7 Å². The molecule has 2 amide bonds. The van der Waals surface area contributed by atoms with E-state index in [1.807, 2.05) is 0 Å². The van der Waals surface area contributed by atoms with Gasteiger partial charge in [-0.1, -0.05) is 19.9 Å². The first-order valence-corrected chi connectivity index (χ1v) is 10.3. The van der Waals surface area contributed by atoms with E-state index in [0.717, 1.165) is 25.1 Å². The van der Waals surface area contributed by atoms with Crippen molar-refractivity contribution in [1.29, 1.82) is 0 Å². The number of rotatable bonds is 7. The average Bonchev–Trinajstić information content (AvgIpc) is 3.16. The highest BCUT2D eigenvalue weighted by atomic mass is 19.1. The quantitative estimate of drug-likeness (QED) is 0.649. The molecule has 3 rings (SSSR count). The summed E-state index contributed by atoms with van der Waals surface area (Å²) in [5.41, 5.74) is 0.999. The van der Waals surface area contributed by atoms with Crippen LogP contribution in [0.3, 0.4) is 0 Å². The maximum absolute atomic E-state index is 13.5. The van der Waals surface area contributed by atoms with Gasteiger partial charge in [0.25, 0.3) is 0 Å². The minimum atomic E-state index is -0.306. The van der Waals surface area contributed by atoms with Gasteiger partial charge in [0.05, 0.1) is 6.54 Å². The summed E-state index contributed by atoms with van der Waals surface area (Å²) >= 11 is 0. The first-order valence-electron chi connectivity index (χ1n) is 10.3. The van der Waals surface area contributed by atoms with E-state index in [2.05, 4.69) is 18.7 Å². The SMILES string of the molecule is CC(C)c1ccc(F)cc1OCCN1CCN(C(=O)OC2CCN(C=O)C2)CC1. The number of ether oxygens (including phenoxy) is 2. The molecule has 0 saturated carbocycles. The lowest BCUT2D eigenvalue weighted by Crippen LogP contribution is -2.50. The van der Waals surface area contributed by atoms with Crippen LogP contribution in [-0.4, -0.2) is 85.7 Å². The van der Waals surface area contributed by atoms with E-state index in [0.29, 0.717) is 51.5 Å². The number of benzene rings is 1. The molecule has 0 bridgehead atoms. The largest absolute Gasteiger partial charge is 0.492 e. The number of piperazine rings is 1. The molecule has 8 heteroatoms. The van der Waals surface area contributed by atoms with Crippen molar-refractivity contribution in [2.45, 2.75) is 32.3 Å². The third-order valence-electron chi connectivity index (χ3n) is 5.49. The van der Waals surface area contributed by atoms with Crippen LogP contribution in [0.15, 0.2) is 18.2 Å². The molecule has 0 aromatic heterocycles. The summed E-state index contributed by atoms with van der Waals surface area (Å²) in [7, 11) is 0. The summed E-state index contributed by atoms with van der Waals surface area (Å²) in [6, 6.07) is 4.68. The molecule has 1 atom stereocenters. The molecule has 1 aromatic rings. The summed E-state index contributed by atoms with van der Waals surface area (Å²) in [5, 5.41) is 0. The first-order chi connectivity index (χ1) is 14.0. The van der Waals surface area contributed by atoms with Crippen LogP contribution in [0.5, 0.6) is 5.75 Å². The number of likely N-dealkylation sites (tertiary alicyclic amines) is 1. The van der Waals surface area contributed by atoms with Crippen LogP contribution in [0.25, 0.3) is 0 Å². The van der Waals surface area contributed by atoms with Crippen LogP contribution in [0.1, 0.15) is 31.7 Å². The van der Waals surface area contributed by atoms with Gasteiger partial charge < -0.3 is 19.3 Å². The molecule has 0 radical (unpaired) electrons. The first kappa shape index (κ1) is 21.4. The van der Waals surface area contributed by atoms with Crippen LogP contribution < -0.4 is 4.74 Å². The highest BCUT2D eigenvalue weighted by Gasteiger charge is 2.28. The molecule has 2 fully saturated rings. The zero-order chi connectivity index (χ0) is 20.8. The second-order valence-corrected chi connectivity index (χ2v) is 7.91. The van der Waals surface area contributed by atoms with E-state index < -0.39 is 0 Å². The van der Waals surface area contributed by atoms with Gasteiger partial charge in [-0.3, -0.25) is 9.69 Å². The van der Waals surface area contributed by atoms with E-state index in [4.69, 9.17) is 9.47 Å². The third kappa shape index (κ3) is 5.82. The van der Waals surface area contributed by atoms with Crippen molar-refractivity contribution < 1.29 is 23.5 Å². The fourth-order valence-corrected chi connectivity index (χ4v) is 3.71. The lowest BCUT2D eigenvalue weighted by Gasteiger charge is -2.34. The molecule has 1 unspecified atom stereocenters. The summed E-state index contributed by atoms with van der Waals surface area (Å²) in [4.78, 5) is 28.6. The Kier molecular flexibility index (Phi) is 7.30. The predicted octanol–water partition coefficient (Wildman–Crippen LogP) is 2.31. The van der Waals surface area contributed by atoms with Crippen LogP contribution in [0.2, 0.25) is 0 Å². The van der Waals surface area contributed by atoms with Gasteiger partial charge in [0.1, 0.15) is 24.3 Å². The summed E-state index contributed by atoms with van der Waals surface area (Å²) in [6.45, 7) is 9.09. The van der Waals surface area contributed by atoms with Crippen LogP contribution in [0.4, 0.5) is 9.18 Å². The Morgan fingerprint density at radius 3 is 2.66 bits per heavy atom. The van der Waals surface area contributed by atoms with Gasteiger partial charge in [0.2, 0.25) is 6.41 Å². The Morgan fingerprint density at radius 2 is 2.00 bits per heavy atom. The molecule has 1 aromatic carbocycles. The number of hydrogen-bond donors (Lipinski definition) is 0. The van der Waals surface area contributed by atoms with Crippen molar-refractivity contribution in [2.24, 2.45) is 0 Å². The molecule has 2 heterocycles. The van der Waals surface area contributed by atoms with Gasteiger partial charge in [0.15, 0.2) is 0 Å². The Balaban J connectivity index is 1.39. The molecule has 0 N–H and O–H groups in total. The highest BCUT2D eigenvalue weighted by Crippen LogP contribution is 2.27. The molecule has 0 aliphatic carbocycles. The van der Waals surface area contributed by atoms with Gasteiger partial charge in [-0.15, -0.1) is 0 Å². The van der Waals surface area contributed by atoms with E-state index in [9.17, 15) is 14.0 Å². The normalized spacial score (nSPS) is 20.2.